The van der Waals surface area contributed by atoms with Gasteiger partial charge in [-0.15, -0.1) is 0 Å². The molecule has 0 bridgehead atoms. The Morgan fingerprint density at radius 1 is 1.40 bits per heavy atom. The van der Waals surface area contributed by atoms with E-state index in [1.807, 2.05) is 6.92 Å². The molecule has 0 radical (unpaired) electrons. The molecule has 0 rings (SSSR count). The van der Waals surface area contributed by atoms with Crippen molar-refractivity contribution in [3.8, 4) is 0 Å². The second kappa shape index (κ2) is 5.66. The SMILES string of the molecule is C[C@@H](CCCF)C[C@H](C)N. The highest BCUT2D eigenvalue weighted by Gasteiger charge is 2.03. The Bertz CT molecular complexity index is 73.7. The molecule has 1 nitrogen and oxygen atoms in total. The fraction of sp³-hybridized carbons (Fsp3) is 1.00. The van der Waals surface area contributed by atoms with Gasteiger partial charge in [-0.2, -0.15) is 0 Å². The topological polar surface area (TPSA) is 26.0 Å². The number of nitrogens with two attached hydrogens (primary N) is 1. The third kappa shape index (κ3) is 6.02. The van der Waals surface area contributed by atoms with Gasteiger partial charge in [0.1, 0.15) is 0 Å². The molecule has 0 heterocycles. The van der Waals surface area contributed by atoms with Crippen LogP contribution >= 0.6 is 0 Å². The van der Waals surface area contributed by atoms with Crippen LogP contribution in [-0.2, 0) is 0 Å². The zero-order chi connectivity index (χ0) is 7.98. The Morgan fingerprint density at radius 3 is 2.40 bits per heavy atom. The van der Waals surface area contributed by atoms with Gasteiger partial charge in [0.15, 0.2) is 0 Å². The van der Waals surface area contributed by atoms with Crippen molar-refractivity contribution in [2.75, 3.05) is 6.67 Å². The summed E-state index contributed by atoms with van der Waals surface area (Å²) in [5.41, 5.74) is 5.57. The lowest BCUT2D eigenvalue weighted by molar-refractivity contribution is 0.390. The summed E-state index contributed by atoms with van der Waals surface area (Å²) in [6.07, 6.45) is 2.67. The molecule has 0 aromatic heterocycles. The van der Waals surface area contributed by atoms with Gasteiger partial charge in [-0.25, -0.2) is 0 Å². The van der Waals surface area contributed by atoms with Gasteiger partial charge in [0, 0.05) is 6.04 Å². The van der Waals surface area contributed by atoms with Crippen LogP contribution in [0.4, 0.5) is 4.39 Å². The molecule has 10 heavy (non-hydrogen) atoms. The summed E-state index contributed by atoms with van der Waals surface area (Å²) in [5.74, 6) is 0.579. The van der Waals surface area contributed by atoms with E-state index in [2.05, 4.69) is 6.92 Å². The average Bonchev–Trinajstić information content (AvgIpc) is 1.82. The first-order valence-corrected chi connectivity index (χ1v) is 3.98. The Balaban J connectivity index is 3.16. The molecule has 0 aliphatic heterocycles. The van der Waals surface area contributed by atoms with Crippen LogP contribution in [0, 0.1) is 5.92 Å². The summed E-state index contributed by atoms with van der Waals surface area (Å²) >= 11 is 0. The van der Waals surface area contributed by atoms with Gasteiger partial charge in [-0.05, 0) is 32.1 Å². The predicted octanol–water partition coefficient (Wildman–Crippen LogP) is 2.11. The molecular formula is C8H18FN. The third-order valence-electron chi connectivity index (χ3n) is 1.60. The van der Waals surface area contributed by atoms with Crippen molar-refractivity contribution in [2.24, 2.45) is 11.7 Å². The van der Waals surface area contributed by atoms with Crippen LogP contribution in [0.5, 0.6) is 0 Å². The van der Waals surface area contributed by atoms with E-state index in [1.54, 1.807) is 0 Å². The number of hydrogen-bond donors (Lipinski definition) is 1. The lowest BCUT2D eigenvalue weighted by Gasteiger charge is -2.11. The lowest BCUT2D eigenvalue weighted by Crippen LogP contribution is -2.18. The van der Waals surface area contributed by atoms with Crippen molar-refractivity contribution in [3.05, 3.63) is 0 Å². The largest absolute Gasteiger partial charge is 0.328 e. The minimum absolute atomic E-state index is 0.191. The van der Waals surface area contributed by atoms with E-state index in [0.717, 1.165) is 12.8 Å². The normalized spacial score (nSPS) is 16.8. The molecule has 0 aromatic carbocycles. The van der Waals surface area contributed by atoms with E-state index in [9.17, 15) is 4.39 Å². The maximum absolute atomic E-state index is 11.7. The molecule has 2 heteroatoms. The lowest BCUT2D eigenvalue weighted by atomic mass is 9.98. The Hall–Kier alpha value is -0.110. The number of halogens is 1. The van der Waals surface area contributed by atoms with Gasteiger partial charge >= 0.3 is 0 Å². The molecule has 0 saturated carbocycles. The second-order valence-electron chi connectivity index (χ2n) is 3.15. The van der Waals surface area contributed by atoms with Crippen LogP contribution in [0.3, 0.4) is 0 Å². The first-order valence-electron chi connectivity index (χ1n) is 3.98. The quantitative estimate of drug-likeness (QED) is 0.633. The average molecular weight is 147 g/mol. The van der Waals surface area contributed by atoms with Crippen molar-refractivity contribution in [3.63, 3.8) is 0 Å². The second-order valence-corrected chi connectivity index (χ2v) is 3.15. The molecule has 0 saturated heterocycles. The number of hydrogen-bond acceptors (Lipinski definition) is 1. The minimum Gasteiger partial charge on any atom is -0.328 e. The van der Waals surface area contributed by atoms with Crippen molar-refractivity contribution in [1.29, 1.82) is 0 Å². The maximum atomic E-state index is 11.7. The highest BCUT2D eigenvalue weighted by molar-refractivity contribution is 4.60. The van der Waals surface area contributed by atoms with Gasteiger partial charge in [0.2, 0.25) is 0 Å². The molecule has 2 atom stereocenters. The zero-order valence-corrected chi connectivity index (χ0v) is 6.94. The fourth-order valence-electron chi connectivity index (χ4n) is 1.18. The van der Waals surface area contributed by atoms with E-state index in [-0.39, 0.29) is 12.7 Å². The van der Waals surface area contributed by atoms with Crippen molar-refractivity contribution < 1.29 is 4.39 Å². The number of alkyl halides is 1. The van der Waals surface area contributed by atoms with E-state index in [1.165, 1.54) is 0 Å². The smallest absolute Gasteiger partial charge is 0.0894 e. The van der Waals surface area contributed by atoms with Crippen LogP contribution in [0.25, 0.3) is 0 Å². The van der Waals surface area contributed by atoms with E-state index < -0.39 is 0 Å². The highest BCUT2D eigenvalue weighted by Crippen LogP contribution is 2.11. The Labute approximate surface area is 62.8 Å². The van der Waals surface area contributed by atoms with Crippen LogP contribution < -0.4 is 5.73 Å². The molecule has 0 aliphatic rings. The van der Waals surface area contributed by atoms with Crippen LogP contribution in [-0.4, -0.2) is 12.7 Å². The summed E-state index contributed by atoms with van der Waals surface area (Å²) in [7, 11) is 0. The maximum Gasteiger partial charge on any atom is 0.0894 e. The molecule has 0 spiro atoms. The van der Waals surface area contributed by atoms with E-state index in [0.29, 0.717) is 12.3 Å². The molecule has 62 valence electrons. The van der Waals surface area contributed by atoms with Crippen LogP contribution in [0.15, 0.2) is 0 Å². The molecule has 0 amide bonds. The summed E-state index contributed by atoms with van der Waals surface area (Å²) in [4.78, 5) is 0. The zero-order valence-electron chi connectivity index (χ0n) is 6.94. The van der Waals surface area contributed by atoms with Crippen LogP contribution in [0.2, 0.25) is 0 Å². The Kier molecular flexibility index (Phi) is 5.60. The predicted molar refractivity (Wildman–Crippen MR) is 42.6 cm³/mol. The molecule has 2 N–H and O–H groups in total. The van der Waals surface area contributed by atoms with Gasteiger partial charge < -0.3 is 5.73 Å². The molecule has 0 unspecified atom stereocenters. The molecule has 0 fully saturated rings. The summed E-state index contributed by atoms with van der Waals surface area (Å²) < 4.78 is 11.7. The van der Waals surface area contributed by atoms with Crippen molar-refractivity contribution >= 4 is 0 Å². The molecule has 0 aliphatic carbocycles. The van der Waals surface area contributed by atoms with Crippen molar-refractivity contribution in [2.45, 2.75) is 39.2 Å². The van der Waals surface area contributed by atoms with E-state index in [4.69, 9.17) is 5.73 Å². The monoisotopic (exact) mass is 147 g/mol. The minimum atomic E-state index is -0.191. The highest BCUT2D eigenvalue weighted by atomic mass is 19.1. The van der Waals surface area contributed by atoms with Crippen molar-refractivity contribution in [1.82, 2.24) is 0 Å². The number of rotatable bonds is 5. The van der Waals surface area contributed by atoms with Gasteiger partial charge in [0.05, 0.1) is 6.67 Å². The summed E-state index contributed by atoms with van der Waals surface area (Å²) in [5, 5.41) is 0. The fourth-order valence-corrected chi connectivity index (χ4v) is 1.18. The molecule has 0 aromatic rings. The summed E-state index contributed by atoms with van der Waals surface area (Å²) in [6.45, 7) is 3.92. The Morgan fingerprint density at radius 2 is 2.00 bits per heavy atom. The first kappa shape index (κ1) is 9.89. The van der Waals surface area contributed by atoms with Gasteiger partial charge in [-0.1, -0.05) is 6.92 Å². The third-order valence-corrected chi connectivity index (χ3v) is 1.60. The van der Waals surface area contributed by atoms with Gasteiger partial charge in [-0.3, -0.25) is 4.39 Å². The summed E-state index contributed by atoms with van der Waals surface area (Å²) in [6, 6.07) is 0.259. The van der Waals surface area contributed by atoms with Gasteiger partial charge in [0.25, 0.3) is 0 Å². The molecular weight excluding hydrogens is 129 g/mol. The van der Waals surface area contributed by atoms with Crippen LogP contribution in [0.1, 0.15) is 33.1 Å². The van der Waals surface area contributed by atoms with E-state index >= 15 is 0 Å². The first-order chi connectivity index (χ1) is 4.66. The standard InChI is InChI=1S/C8H18FN/c1-7(4-3-5-9)6-8(2)10/h7-8H,3-6,10H2,1-2H3/t7-,8-/m0/s1.